The molecule has 17 heavy (non-hydrogen) atoms. The van der Waals surface area contributed by atoms with Crippen LogP contribution in [0.5, 0.6) is 0 Å². The largest absolute Gasteiger partial charge is 0.296 e. The third-order valence-electron chi connectivity index (χ3n) is 4.29. The first kappa shape index (κ1) is 13.3. The average molecular weight is 239 g/mol. The molecule has 2 aliphatic rings. The van der Waals surface area contributed by atoms with Gasteiger partial charge in [-0.15, -0.1) is 0 Å². The first-order valence-corrected chi connectivity index (χ1v) is 6.92. The van der Waals surface area contributed by atoms with Gasteiger partial charge >= 0.3 is 0 Å². The molecule has 0 aromatic rings. The Bertz CT molecular complexity index is 262. The van der Waals surface area contributed by atoms with Gasteiger partial charge in [0.15, 0.2) is 0 Å². The van der Waals surface area contributed by atoms with Crippen LogP contribution in [0.1, 0.15) is 41.5 Å². The minimum atomic E-state index is 0.309. The van der Waals surface area contributed by atoms with Crippen molar-refractivity contribution in [1.82, 2.24) is 14.7 Å². The normalized spacial score (nSPS) is 29.6. The van der Waals surface area contributed by atoms with E-state index in [9.17, 15) is 0 Å². The van der Waals surface area contributed by atoms with Gasteiger partial charge in [0, 0.05) is 43.3 Å². The first-order chi connectivity index (χ1) is 7.68. The SMILES string of the molecule is CC(C)(C)N1CCN2CN(C(C)(C)C)CC2C1. The summed E-state index contributed by atoms with van der Waals surface area (Å²) in [5, 5.41) is 0. The summed E-state index contributed by atoms with van der Waals surface area (Å²) in [6.45, 7) is 20.1. The summed E-state index contributed by atoms with van der Waals surface area (Å²) < 4.78 is 0. The second-order valence-electron chi connectivity index (χ2n) is 7.62. The smallest absolute Gasteiger partial charge is 0.0515 e. The lowest BCUT2D eigenvalue weighted by Crippen LogP contribution is -2.56. The van der Waals surface area contributed by atoms with E-state index < -0.39 is 0 Å². The van der Waals surface area contributed by atoms with Crippen LogP contribution < -0.4 is 0 Å². The molecule has 1 atom stereocenters. The summed E-state index contributed by atoms with van der Waals surface area (Å²) in [7, 11) is 0. The van der Waals surface area contributed by atoms with Gasteiger partial charge in [0.05, 0.1) is 6.67 Å². The molecule has 0 aliphatic carbocycles. The maximum atomic E-state index is 2.66. The highest BCUT2D eigenvalue weighted by Crippen LogP contribution is 2.27. The molecule has 0 bridgehead atoms. The van der Waals surface area contributed by atoms with Crippen LogP contribution in [0.4, 0.5) is 0 Å². The van der Waals surface area contributed by atoms with E-state index in [2.05, 4.69) is 56.2 Å². The van der Waals surface area contributed by atoms with E-state index in [0.717, 1.165) is 12.7 Å². The number of fused-ring (bicyclic) bond motifs is 1. The maximum Gasteiger partial charge on any atom is 0.0515 e. The Morgan fingerprint density at radius 2 is 1.29 bits per heavy atom. The third kappa shape index (κ3) is 2.83. The highest BCUT2D eigenvalue weighted by atomic mass is 15.5. The van der Waals surface area contributed by atoms with Gasteiger partial charge in [0.25, 0.3) is 0 Å². The van der Waals surface area contributed by atoms with E-state index in [1.165, 1.54) is 26.2 Å². The van der Waals surface area contributed by atoms with Gasteiger partial charge in [-0.1, -0.05) is 0 Å². The Kier molecular flexibility index (Phi) is 3.30. The minimum Gasteiger partial charge on any atom is -0.296 e. The van der Waals surface area contributed by atoms with Gasteiger partial charge < -0.3 is 0 Å². The van der Waals surface area contributed by atoms with Crippen molar-refractivity contribution >= 4 is 0 Å². The first-order valence-electron chi connectivity index (χ1n) is 6.92. The quantitative estimate of drug-likeness (QED) is 0.639. The van der Waals surface area contributed by atoms with Crippen LogP contribution >= 0.6 is 0 Å². The van der Waals surface area contributed by atoms with Crippen molar-refractivity contribution in [2.75, 3.05) is 32.8 Å². The number of nitrogens with zero attached hydrogens (tertiary/aromatic N) is 3. The maximum absolute atomic E-state index is 2.66. The van der Waals surface area contributed by atoms with Gasteiger partial charge in [-0.05, 0) is 41.5 Å². The number of piperazine rings is 1. The molecule has 0 amide bonds. The molecule has 2 fully saturated rings. The molecule has 0 saturated carbocycles. The van der Waals surface area contributed by atoms with E-state index >= 15 is 0 Å². The van der Waals surface area contributed by atoms with E-state index in [-0.39, 0.29) is 0 Å². The highest BCUT2D eigenvalue weighted by molar-refractivity contribution is 4.95. The van der Waals surface area contributed by atoms with Crippen LogP contribution in [0.25, 0.3) is 0 Å². The van der Waals surface area contributed by atoms with Crippen molar-refractivity contribution in [2.24, 2.45) is 0 Å². The lowest BCUT2D eigenvalue weighted by Gasteiger charge is -2.43. The molecule has 0 aromatic carbocycles. The molecule has 3 nitrogen and oxygen atoms in total. The second-order valence-corrected chi connectivity index (χ2v) is 7.62. The zero-order chi connectivity index (χ0) is 12.8. The fourth-order valence-electron chi connectivity index (χ4n) is 2.88. The standard InChI is InChI=1S/C14H29N3/c1-13(2,3)16-8-7-15-11-17(14(4,5)6)10-12(15)9-16/h12H,7-11H2,1-6H3. The van der Waals surface area contributed by atoms with Gasteiger partial charge in [0.2, 0.25) is 0 Å². The van der Waals surface area contributed by atoms with E-state index in [1.54, 1.807) is 0 Å². The fourth-order valence-corrected chi connectivity index (χ4v) is 2.88. The lowest BCUT2D eigenvalue weighted by molar-refractivity contribution is 0.0411. The van der Waals surface area contributed by atoms with Crippen molar-refractivity contribution in [3.63, 3.8) is 0 Å². The molecule has 0 radical (unpaired) electrons. The van der Waals surface area contributed by atoms with Crippen molar-refractivity contribution < 1.29 is 0 Å². The summed E-state index contributed by atoms with van der Waals surface area (Å²) in [6.07, 6.45) is 0. The third-order valence-corrected chi connectivity index (χ3v) is 4.29. The predicted octanol–water partition coefficient (Wildman–Crippen LogP) is 1.84. The monoisotopic (exact) mass is 239 g/mol. The zero-order valence-corrected chi connectivity index (χ0v) is 12.5. The van der Waals surface area contributed by atoms with Crippen LogP contribution in [0.3, 0.4) is 0 Å². The molecule has 0 N–H and O–H groups in total. The van der Waals surface area contributed by atoms with Crippen LogP contribution in [-0.4, -0.2) is 64.7 Å². The molecule has 2 rings (SSSR count). The molecule has 0 spiro atoms. The second kappa shape index (κ2) is 4.22. The summed E-state index contributed by atoms with van der Waals surface area (Å²) in [5.74, 6) is 0. The van der Waals surface area contributed by atoms with Crippen molar-refractivity contribution in [2.45, 2.75) is 58.7 Å². The van der Waals surface area contributed by atoms with Crippen LogP contribution in [0, 0.1) is 0 Å². The van der Waals surface area contributed by atoms with E-state index in [4.69, 9.17) is 0 Å². The summed E-state index contributed by atoms with van der Waals surface area (Å²) in [6, 6.07) is 0.738. The fraction of sp³-hybridized carbons (Fsp3) is 1.00. The topological polar surface area (TPSA) is 9.72 Å². The number of rotatable bonds is 0. The Morgan fingerprint density at radius 1 is 0.765 bits per heavy atom. The molecule has 2 saturated heterocycles. The lowest BCUT2D eigenvalue weighted by atomic mass is 10.0. The van der Waals surface area contributed by atoms with Crippen molar-refractivity contribution in [3.8, 4) is 0 Å². The van der Waals surface area contributed by atoms with E-state index in [0.29, 0.717) is 11.1 Å². The van der Waals surface area contributed by atoms with Crippen LogP contribution in [0.2, 0.25) is 0 Å². The molecule has 3 heteroatoms. The summed E-state index contributed by atoms with van der Waals surface area (Å²) in [4.78, 5) is 7.91. The van der Waals surface area contributed by atoms with Gasteiger partial charge in [-0.3, -0.25) is 14.7 Å². The highest BCUT2D eigenvalue weighted by Gasteiger charge is 2.40. The Labute approximate surface area is 107 Å². The molecule has 1 unspecified atom stereocenters. The van der Waals surface area contributed by atoms with Gasteiger partial charge in [-0.25, -0.2) is 0 Å². The molecule has 0 aromatic heterocycles. The van der Waals surface area contributed by atoms with Crippen LogP contribution in [0.15, 0.2) is 0 Å². The summed E-state index contributed by atoms with van der Waals surface area (Å²) >= 11 is 0. The minimum absolute atomic E-state index is 0.309. The molecule has 2 aliphatic heterocycles. The molecule has 100 valence electrons. The summed E-state index contributed by atoms with van der Waals surface area (Å²) in [5.41, 5.74) is 0.630. The van der Waals surface area contributed by atoms with Crippen LogP contribution in [-0.2, 0) is 0 Å². The molecule has 2 heterocycles. The Morgan fingerprint density at radius 3 is 1.82 bits per heavy atom. The van der Waals surface area contributed by atoms with Crippen molar-refractivity contribution in [3.05, 3.63) is 0 Å². The van der Waals surface area contributed by atoms with Gasteiger partial charge in [0.1, 0.15) is 0 Å². The Balaban J connectivity index is 1.99. The predicted molar refractivity (Wildman–Crippen MR) is 73.1 cm³/mol. The number of hydrogen-bond acceptors (Lipinski definition) is 3. The van der Waals surface area contributed by atoms with Gasteiger partial charge in [-0.2, -0.15) is 0 Å². The average Bonchev–Trinajstić information content (AvgIpc) is 2.57. The zero-order valence-electron chi connectivity index (χ0n) is 12.5. The van der Waals surface area contributed by atoms with E-state index in [1.807, 2.05) is 0 Å². The molecular formula is C14H29N3. The molecular weight excluding hydrogens is 210 g/mol. The Hall–Kier alpha value is -0.120. The van der Waals surface area contributed by atoms with Crippen molar-refractivity contribution in [1.29, 1.82) is 0 Å². The number of hydrogen-bond donors (Lipinski definition) is 0.